The molecule has 4 aromatic rings. The summed E-state index contributed by atoms with van der Waals surface area (Å²) in [5, 5.41) is 2.77. The van der Waals surface area contributed by atoms with Crippen molar-refractivity contribution in [3.05, 3.63) is 48.4 Å². The zero-order chi connectivity index (χ0) is 23.7. The Labute approximate surface area is 189 Å². The molecule has 170 valence electrons. The number of hydrogen-bond acceptors (Lipinski definition) is 8. The summed E-state index contributed by atoms with van der Waals surface area (Å²) < 4.78 is 7.34. The molecule has 0 bridgehead atoms. The highest BCUT2D eigenvalue weighted by Crippen LogP contribution is 2.30. The minimum atomic E-state index is -0.529. The number of anilines is 1. The van der Waals surface area contributed by atoms with E-state index in [2.05, 4.69) is 25.3 Å². The number of nitrogen functional groups attached to an aromatic ring is 1. The largest absolute Gasteiger partial charge is 0.443 e. The van der Waals surface area contributed by atoms with E-state index < -0.39 is 11.9 Å². The Morgan fingerprint density at radius 1 is 1.21 bits per heavy atom. The number of imidazole rings is 1. The smallest absolute Gasteiger partial charge is 0.273 e. The van der Waals surface area contributed by atoms with Crippen molar-refractivity contribution in [1.82, 2.24) is 34.6 Å². The number of aromatic nitrogens is 5. The molecule has 4 heterocycles. The SMILES string of the molecule is Cc1cnc2ccc(-c3nc(C(=O)N[C@H](C)CC(=O)N(C)C)c(N)nc3-c3ncco3)cn12. The van der Waals surface area contributed by atoms with Crippen molar-refractivity contribution < 1.29 is 14.0 Å². The molecule has 0 radical (unpaired) electrons. The number of nitrogens with two attached hydrogens (primary N) is 1. The van der Waals surface area contributed by atoms with Gasteiger partial charge in [0.15, 0.2) is 17.2 Å². The summed E-state index contributed by atoms with van der Waals surface area (Å²) >= 11 is 0. The number of oxazole rings is 1. The van der Waals surface area contributed by atoms with Gasteiger partial charge >= 0.3 is 0 Å². The normalized spacial score (nSPS) is 12.0. The number of aryl methyl sites for hydroxylation is 1. The number of carbonyl (C=O) groups excluding carboxylic acids is 2. The van der Waals surface area contributed by atoms with Crippen LogP contribution in [-0.2, 0) is 4.79 Å². The molecule has 4 aromatic heterocycles. The Hall–Kier alpha value is -4.28. The van der Waals surface area contributed by atoms with Crippen LogP contribution in [-0.4, -0.2) is 61.2 Å². The number of amides is 2. The average molecular weight is 448 g/mol. The van der Waals surface area contributed by atoms with Crippen LogP contribution in [0.25, 0.3) is 28.5 Å². The van der Waals surface area contributed by atoms with Gasteiger partial charge in [0, 0.05) is 50.2 Å². The van der Waals surface area contributed by atoms with Gasteiger partial charge in [-0.3, -0.25) is 9.59 Å². The van der Waals surface area contributed by atoms with Crippen molar-refractivity contribution in [2.75, 3.05) is 19.8 Å². The zero-order valence-corrected chi connectivity index (χ0v) is 18.7. The van der Waals surface area contributed by atoms with Gasteiger partial charge in [-0.2, -0.15) is 0 Å². The van der Waals surface area contributed by atoms with Crippen molar-refractivity contribution in [2.45, 2.75) is 26.3 Å². The number of nitrogens with one attached hydrogen (secondary N) is 1. The molecule has 0 aliphatic heterocycles. The van der Waals surface area contributed by atoms with Gasteiger partial charge in [0.05, 0.1) is 6.20 Å². The Kier molecular flexibility index (Phi) is 5.78. The minimum Gasteiger partial charge on any atom is -0.443 e. The van der Waals surface area contributed by atoms with Crippen molar-refractivity contribution in [3.63, 3.8) is 0 Å². The number of rotatable bonds is 6. The first-order valence-electron chi connectivity index (χ1n) is 10.3. The first kappa shape index (κ1) is 21.9. The molecular weight excluding hydrogens is 424 g/mol. The van der Waals surface area contributed by atoms with Crippen LogP contribution in [0.4, 0.5) is 5.82 Å². The summed E-state index contributed by atoms with van der Waals surface area (Å²) in [6, 6.07) is 3.25. The highest BCUT2D eigenvalue weighted by molar-refractivity contribution is 5.98. The van der Waals surface area contributed by atoms with Crippen LogP contribution in [0.3, 0.4) is 0 Å². The van der Waals surface area contributed by atoms with Gasteiger partial charge in [-0.15, -0.1) is 0 Å². The maximum Gasteiger partial charge on any atom is 0.273 e. The summed E-state index contributed by atoms with van der Waals surface area (Å²) in [6.45, 7) is 3.67. The molecule has 2 amide bonds. The molecule has 0 aromatic carbocycles. The second-order valence-corrected chi connectivity index (χ2v) is 7.90. The van der Waals surface area contributed by atoms with Crippen molar-refractivity contribution in [1.29, 1.82) is 0 Å². The predicted molar refractivity (Wildman–Crippen MR) is 121 cm³/mol. The molecule has 11 nitrogen and oxygen atoms in total. The van der Waals surface area contributed by atoms with Crippen molar-refractivity contribution >= 4 is 23.3 Å². The fourth-order valence-electron chi connectivity index (χ4n) is 3.34. The number of hydrogen-bond donors (Lipinski definition) is 2. The summed E-state index contributed by atoms with van der Waals surface area (Å²) in [5.41, 5.74) is 9.12. The van der Waals surface area contributed by atoms with Gasteiger partial charge in [0.1, 0.15) is 17.6 Å². The molecule has 1 atom stereocenters. The molecule has 4 rings (SSSR count). The van der Waals surface area contributed by atoms with Crippen LogP contribution >= 0.6 is 0 Å². The van der Waals surface area contributed by atoms with E-state index in [1.807, 2.05) is 29.7 Å². The second kappa shape index (κ2) is 8.69. The molecule has 3 N–H and O–H groups in total. The van der Waals surface area contributed by atoms with Gasteiger partial charge < -0.3 is 24.8 Å². The van der Waals surface area contributed by atoms with E-state index in [0.29, 0.717) is 17.0 Å². The third kappa shape index (κ3) is 4.38. The summed E-state index contributed by atoms with van der Waals surface area (Å²) in [5.74, 6) is -0.482. The maximum absolute atomic E-state index is 13.0. The first-order chi connectivity index (χ1) is 15.7. The molecular formula is C22H24N8O3. The van der Waals surface area contributed by atoms with Gasteiger partial charge in [-0.1, -0.05) is 0 Å². The Bertz CT molecular complexity index is 1330. The topological polar surface area (TPSA) is 145 Å². The molecule has 0 unspecified atom stereocenters. The first-order valence-corrected chi connectivity index (χ1v) is 10.3. The number of carbonyl (C=O) groups is 2. The molecule has 0 spiro atoms. The van der Waals surface area contributed by atoms with E-state index in [1.54, 1.807) is 27.2 Å². The molecule has 11 heteroatoms. The third-order valence-electron chi connectivity index (χ3n) is 5.09. The van der Waals surface area contributed by atoms with E-state index in [1.165, 1.54) is 17.4 Å². The van der Waals surface area contributed by atoms with Crippen molar-refractivity contribution in [2.24, 2.45) is 0 Å². The van der Waals surface area contributed by atoms with E-state index in [4.69, 9.17) is 10.2 Å². The summed E-state index contributed by atoms with van der Waals surface area (Å²) in [7, 11) is 3.32. The lowest BCUT2D eigenvalue weighted by Gasteiger charge is -2.17. The van der Waals surface area contributed by atoms with Gasteiger partial charge in [0.25, 0.3) is 5.91 Å². The lowest BCUT2D eigenvalue weighted by atomic mass is 10.1. The second-order valence-electron chi connectivity index (χ2n) is 7.90. The Morgan fingerprint density at radius 2 is 2.00 bits per heavy atom. The zero-order valence-electron chi connectivity index (χ0n) is 18.7. The van der Waals surface area contributed by atoms with Crippen LogP contribution < -0.4 is 11.1 Å². The molecule has 0 saturated carbocycles. The maximum atomic E-state index is 13.0. The number of fused-ring (bicyclic) bond motifs is 1. The van der Waals surface area contributed by atoms with E-state index in [-0.39, 0.29) is 29.7 Å². The Morgan fingerprint density at radius 3 is 2.70 bits per heavy atom. The number of pyridine rings is 1. The Balaban J connectivity index is 1.76. The fourth-order valence-corrected chi connectivity index (χ4v) is 3.34. The summed E-state index contributed by atoms with van der Waals surface area (Å²) in [6.07, 6.45) is 6.67. The third-order valence-corrected chi connectivity index (χ3v) is 5.09. The summed E-state index contributed by atoms with van der Waals surface area (Å²) in [4.78, 5) is 43.9. The van der Waals surface area contributed by atoms with E-state index in [9.17, 15) is 9.59 Å². The lowest BCUT2D eigenvalue weighted by molar-refractivity contribution is -0.129. The van der Waals surface area contributed by atoms with E-state index in [0.717, 1.165) is 11.3 Å². The quantitative estimate of drug-likeness (QED) is 0.455. The van der Waals surface area contributed by atoms with Crippen LogP contribution in [0.2, 0.25) is 0 Å². The van der Waals surface area contributed by atoms with Gasteiger partial charge in [-0.05, 0) is 26.0 Å². The monoisotopic (exact) mass is 448 g/mol. The molecule has 0 aliphatic rings. The highest BCUT2D eigenvalue weighted by atomic mass is 16.3. The van der Waals surface area contributed by atoms with Crippen LogP contribution in [0.1, 0.15) is 29.5 Å². The number of nitrogens with zero attached hydrogens (tertiary/aromatic N) is 6. The van der Waals surface area contributed by atoms with Gasteiger partial charge in [-0.25, -0.2) is 19.9 Å². The van der Waals surface area contributed by atoms with Crippen molar-refractivity contribution in [3.8, 4) is 22.8 Å². The molecule has 0 fully saturated rings. The molecule has 0 aliphatic carbocycles. The predicted octanol–water partition coefficient (Wildman–Crippen LogP) is 1.93. The highest BCUT2D eigenvalue weighted by Gasteiger charge is 2.24. The van der Waals surface area contributed by atoms with Crippen LogP contribution in [0.5, 0.6) is 0 Å². The van der Waals surface area contributed by atoms with Crippen LogP contribution in [0, 0.1) is 6.92 Å². The van der Waals surface area contributed by atoms with Gasteiger partial charge in [0.2, 0.25) is 11.8 Å². The standard InChI is InChI=1S/C22H24N8O3/c1-12(9-16(31)29(3)4)26-21(32)19-20(23)28-18(22-24-7-8-33-22)17(27-19)14-5-6-15-25-10-13(2)30(15)11-14/h5-8,10-12H,9H2,1-4H3,(H2,23,28)(H,26,32)/t12-/m1/s1. The fraction of sp³-hybridized carbons (Fsp3) is 0.273. The lowest BCUT2D eigenvalue weighted by Crippen LogP contribution is -2.37. The molecule has 0 saturated heterocycles. The average Bonchev–Trinajstić information content (AvgIpc) is 3.43. The molecule has 33 heavy (non-hydrogen) atoms. The minimum absolute atomic E-state index is 0.0492. The van der Waals surface area contributed by atoms with Crippen LogP contribution in [0.15, 0.2) is 41.4 Å². The van der Waals surface area contributed by atoms with E-state index >= 15 is 0 Å².